The third-order valence-corrected chi connectivity index (χ3v) is 4.85. The van der Waals surface area contributed by atoms with E-state index in [-0.39, 0.29) is 23.4 Å². The molecule has 2 rings (SSSR count). The molecule has 0 radical (unpaired) electrons. The number of ketones is 1. The number of carbonyl (C=O) groups excluding carboxylic acids is 1. The summed E-state index contributed by atoms with van der Waals surface area (Å²) in [5, 5.41) is 10.0. The maximum Gasteiger partial charge on any atom is 0.417 e. The van der Waals surface area contributed by atoms with Crippen LogP contribution in [0, 0.1) is 11.8 Å². The molecule has 2 unspecified atom stereocenters. The van der Waals surface area contributed by atoms with Gasteiger partial charge >= 0.3 is 6.18 Å². The quantitative estimate of drug-likeness (QED) is 0.838. The van der Waals surface area contributed by atoms with Crippen molar-refractivity contribution in [2.24, 2.45) is 11.8 Å². The number of hydrogen-bond donors (Lipinski definition) is 1. The summed E-state index contributed by atoms with van der Waals surface area (Å²) in [7, 11) is 0. The Morgan fingerprint density at radius 3 is 2.68 bits per heavy atom. The number of alkyl halides is 3. The summed E-state index contributed by atoms with van der Waals surface area (Å²) in [4.78, 5) is 15.2. The molecule has 7 heteroatoms. The van der Waals surface area contributed by atoms with Crippen LogP contribution in [0.5, 0.6) is 0 Å². The molecule has 0 saturated heterocycles. The molecule has 1 N–H and O–H groups in total. The number of pyridine rings is 1. The van der Waals surface area contributed by atoms with Crippen LogP contribution in [0.3, 0.4) is 0 Å². The van der Waals surface area contributed by atoms with Gasteiger partial charge in [0.25, 0.3) is 0 Å². The molecule has 1 aromatic heterocycles. The van der Waals surface area contributed by atoms with Gasteiger partial charge < -0.3 is 5.11 Å². The number of carbonyl (C=O) groups is 1. The number of aromatic nitrogens is 1. The van der Waals surface area contributed by atoms with Crippen molar-refractivity contribution >= 4 is 17.5 Å². The van der Waals surface area contributed by atoms with Gasteiger partial charge in [-0.05, 0) is 24.0 Å². The van der Waals surface area contributed by atoms with Gasteiger partial charge in [-0.25, -0.2) is 4.98 Å². The van der Waals surface area contributed by atoms with E-state index in [4.69, 9.17) is 0 Å². The molecule has 1 aliphatic carbocycles. The van der Waals surface area contributed by atoms with Crippen LogP contribution in [0.1, 0.15) is 25.3 Å². The van der Waals surface area contributed by atoms with Crippen molar-refractivity contribution in [1.29, 1.82) is 0 Å². The lowest BCUT2D eigenvalue weighted by molar-refractivity contribution is -0.137. The number of aliphatic hydroxyl groups is 1. The van der Waals surface area contributed by atoms with Gasteiger partial charge in [0, 0.05) is 30.9 Å². The van der Waals surface area contributed by atoms with Gasteiger partial charge in [0.15, 0.2) is 5.78 Å². The van der Waals surface area contributed by atoms with E-state index in [1.807, 2.05) is 6.92 Å². The molecule has 120 valence electrons. The average Bonchev–Trinajstić information content (AvgIpc) is 2.43. The summed E-state index contributed by atoms with van der Waals surface area (Å²) < 4.78 is 37.3. The predicted molar refractivity (Wildman–Crippen MR) is 77.6 cm³/mol. The Morgan fingerprint density at radius 1 is 1.41 bits per heavy atom. The molecule has 0 amide bonds. The number of nitrogens with zero attached hydrogens (tertiary/aromatic N) is 1. The van der Waals surface area contributed by atoms with E-state index in [9.17, 15) is 23.1 Å². The maximum absolute atomic E-state index is 12.4. The topological polar surface area (TPSA) is 50.2 Å². The second-order valence-electron chi connectivity index (χ2n) is 5.44. The summed E-state index contributed by atoms with van der Waals surface area (Å²) in [6, 6.07) is 2.36. The molecule has 0 aromatic carbocycles. The zero-order chi connectivity index (χ0) is 16.3. The van der Waals surface area contributed by atoms with Gasteiger partial charge in [-0.2, -0.15) is 13.2 Å². The molecular formula is C15H16F3NO2S. The lowest BCUT2D eigenvalue weighted by Crippen LogP contribution is -2.22. The van der Waals surface area contributed by atoms with Crippen LogP contribution in [-0.4, -0.2) is 21.6 Å². The average molecular weight is 331 g/mol. The Morgan fingerprint density at radius 2 is 2.14 bits per heavy atom. The second-order valence-corrected chi connectivity index (χ2v) is 6.48. The SMILES string of the molecule is CC(CSc1ccc(C(F)(F)F)cn1)C1CC(=O)C=C(O)C1. The summed E-state index contributed by atoms with van der Waals surface area (Å²) >= 11 is 1.35. The van der Waals surface area contributed by atoms with Gasteiger partial charge in [-0.1, -0.05) is 6.92 Å². The highest BCUT2D eigenvalue weighted by Gasteiger charge is 2.30. The Kier molecular flexibility index (Phi) is 5.16. The highest BCUT2D eigenvalue weighted by atomic mass is 32.2. The van der Waals surface area contributed by atoms with E-state index in [0.717, 1.165) is 12.3 Å². The first-order chi connectivity index (χ1) is 10.3. The molecule has 1 aliphatic rings. The zero-order valence-electron chi connectivity index (χ0n) is 11.9. The first kappa shape index (κ1) is 16.9. The fourth-order valence-corrected chi connectivity index (χ4v) is 3.29. The summed E-state index contributed by atoms with van der Waals surface area (Å²) in [6.45, 7) is 1.97. The largest absolute Gasteiger partial charge is 0.512 e. The van der Waals surface area contributed by atoms with Crippen molar-refractivity contribution in [3.63, 3.8) is 0 Å². The van der Waals surface area contributed by atoms with E-state index in [1.165, 1.54) is 23.9 Å². The van der Waals surface area contributed by atoms with Crippen molar-refractivity contribution in [1.82, 2.24) is 4.98 Å². The van der Waals surface area contributed by atoms with Gasteiger partial charge in [-0.15, -0.1) is 11.8 Å². The fourth-order valence-electron chi connectivity index (χ4n) is 2.29. The van der Waals surface area contributed by atoms with Gasteiger partial charge in [0.2, 0.25) is 0 Å². The molecule has 0 spiro atoms. The zero-order valence-corrected chi connectivity index (χ0v) is 12.7. The van der Waals surface area contributed by atoms with Gasteiger partial charge in [0.1, 0.15) is 0 Å². The van der Waals surface area contributed by atoms with Crippen LogP contribution in [0.4, 0.5) is 13.2 Å². The summed E-state index contributed by atoms with van der Waals surface area (Å²) in [5.41, 5.74) is -0.766. The third-order valence-electron chi connectivity index (χ3n) is 3.62. The fraction of sp³-hybridized carbons (Fsp3) is 0.467. The van der Waals surface area contributed by atoms with Crippen LogP contribution in [0.15, 0.2) is 35.2 Å². The molecule has 3 nitrogen and oxygen atoms in total. The Labute approximate surface area is 130 Å². The summed E-state index contributed by atoms with van der Waals surface area (Å²) in [5.74, 6) is 0.848. The number of hydrogen-bond acceptors (Lipinski definition) is 4. The number of thioether (sulfide) groups is 1. The molecule has 1 heterocycles. The van der Waals surface area contributed by atoms with Crippen molar-refractivity contribution < 1.29 is 23.1 Å². The molecule has 22 heavy (non-hydrogen) atoms. The lowest BCUT2D eigenvalue weighted by atomic mass is 9.84. The van der Waals surface area contributed by atoms with Gasteiger partial charge in [0.05, 0.1) is 16.3 Å². The van der Waals surface area contributed by atoms with E-state index in [1.54, 1.807) is 0 Å². The molecule has 0 fully saturated rings. The Balaban J connectivity index is 1.90. The lowest BCUT2D eigenvalue weighted by Gasteiger charge is -2.25. The Bertz CT molecular complexity index is 569. The van der Waals surface area contributed by atoms with Crippen molar-refractivity contribution in [3.05, 3.63) is 35.7 Å². The van der Waals surface area contributed by atoms with Gasteiger partial charge in [-0.3, -0.25) is 4.79 Å². The summed E-state index contributed by atoms with van der Waals surface area (Å²) in [6.07, 6.45) is -1.44. The van der Waals surface area contributed by atoms with Crippen LogP contribution in [0.2, 0.25) is 0 Å². The van der Waals surface area contributed by atoms with E-state index in [2.05, 4.69) is 4.98 Å². The standard InChI is InChI=1S/C15H16F3NO2S/c1-9(10-4-12(20)6-13(21)5-10)8-22-14-3-2-11(7-19-14)15(16,17)18/h2-3,6-7,9-10,20H,4-5,8H2,1H3. The van der Waals surface area contributed by atoms with E-state index in [0.29, 0.717) is 23.6 Å². The number of rotatable bonds is 4. The first-order valence-electron chi connectivity index (χ1n) is 6.84. The minimum Gasteiger partial charge on any atom is -0.512 e. The minimum atomic E-state index is -4.38. The molecule has 1 aromatic rings. The maximum atomic E-state index is 12.4. The Hall–Kier alpha value is -1.50. The van der Waals surface area contributed by atoms with E-state index >= 15 is 0 Å². The molecule has 0 bridgehead atoms. The van der Waals surface area contributed by atoms with Crippen molar-refractivity contribution in [3.8, 4) is 0 Å². The number of allylic oxidation sites excluding steroid dienone is 2. The van der Waals surface area contributed by atoms with Crippen molar-refractivity contribution in [2.75, 3.05) is 5.75 Å². The van der Waals surface area contributed by atoms with E-state index < -0.39 is 11.7 Å². The van der Waals surface area contributed by atoms with Crippen LogP contribution < -0.4 is 0 Å². The van der Waals surface area contributed by atoms with Crippen LogP contribution >= 0.6 is 11.8 Å². The van der Waals surface area contributed by atoms with Crippen LogP contribution in [0.25, 0.3) is 0 Å². The third kappa shape index (κ3) is 4.50. The molecule has 2 atom stereocenters. The van der Waals surface area contributed by atoms with Crippen molar-refractivity contribution in [2.45, 2.75) is 31.0 Å². The minimum absolute atomic E-state index is 0.0550. The van der Waals surface area contributed by atoms with Crippen LogP contribution in [-0.2, 0) is 11.0 Å². The highest BCUT2D eigenvalue weighted by Crippen LogP contribution is 2.32. The normalized spacial score (nSPS) is 20.6. The predicted octanol–water partition coefficient (Wildman–Crippen LogP) is 4.25. The number of aliphatic hydroxyl groups excluding tert-OH is 1. The molecule has 0 saturated carbocycles. The monoisotopic (exact) mass is 331 g/mol. The molecule has 0 aliphatic heterocycles. The smallest absolute Gasteiger partial charge is 0.417 e. The highest BCUT2D eigenvalue weighted by molar-refractivity contribution is 7.99. The second kappa shape index (κ2) is 6.73. The molecular weight excluding hydrogens is 315 g/mol. The number of halogens is 3. The first-order valence-corrected chi connectivity index (χ1v) is 7.82.